The molecule has 1 aliphatic rings. The van der Waals surface area contributed by atoms with Gasteiger partial charge < -0.3 is 4.74 Å². The van der Waals surface area contributed by atoms with Crippen molar-refractivity contribution in [1.29, 1.82) is 0 Å². The van der Waals surface area contributed by atoms with Crippen molar-refractivity contribution in [2.45, 2.75) is 62.8 Å². The van der Waals surface area contributed by atoms with Gasteiger partial charge in [-0.25, -0.2) is 18.2 Å². The van der Waals surface area contributed by atoms with E-state index in [4.69, 9.17) is 9.57 Å². The van der Waals surface area contributed by atoms with Gasteiger partial charge in [-0.05, 0) is 56.8 Å². The van der Waals surface area contributed by atoms with Crippen LogP contribution in [0.5, 0.6) is 0 Å². The van der Waals surface area contributed by atoms with Crippen molar-refractivity contribution < 1.29 is 27.7 Å². The lowest BCUT2D eigenvalue weighted by molar-refractivity contribution is -0.388. The van der Waals surface area contributed by atoms with Crippen molar-refractivity contribution in [3.63, 3.8) is 0 Å². The van der Waals surface area contributed by atoms with Crippen molar-refractivity contribution in [1.82, 2.24) is 18.7 Å². The molecule has 208 valence electrons. The molecule has 14 heteroatoms. The van der Waals surface area contributed by atoms with Crippen molar-refractivity contribution in [2.24, 2.45) is 0 Å². The second-order valence-corrected chi connectivity index (χ2v) is 12.5. The lowest BCUT2D eigenvalue weighted by Crippen LogP contribution is -2.53. The Balaban J connectivity index is 1.72. The van der Waals surface area contributed by atoms with Gasteiger partial charge in [0.15, 0.2) is 4.90 Å². The Bertz CT molecular complexity index is 1400. The summed E-state index contributed by atoms with van der Waals surface area (Å²) in [5.74, 6) is 0. The third kappa shape index (κ3) is 6.76. The number of sulfonamides is 1. The normalized spacial score (nSPS) is 18.2. The first kappa shape index (κ1) is 28.5. The highest BCUT2D eigenvalue weighted by Gasteiger charge is 2.44. The molecule has 0 bridgehead atoms. The van der Waals surface area contributed by atoms with Gasteiger partial charge in [0.1, 0.15) is 16.9 Å². The van der Waals surface area contributed by atoms with E-state index < -0.39 is 49.3 Å². The molecule has 39 heavy (non-hydrogen) atoms. The molecular formula is C25H29N5O7S2. The maximum absolute atomic E-state index is 13.9. The van der Waals surface area contributed by atoms with Gasteiger partial charge >= 0.3 is 6.09 Å². The molecule has 1 aliphatic heterocycles. The van der Waals surface area contributed by atoms with Crippen LogP contribution in [-0.2, 0) is 26.2 Å². The summed E-state index contributed by atoms with van der Waals surface area (Å²) >= 11 is 1.14. The molecular weight excluding hydrogens is 546 g/mol. The first-order valence-electron chi connectivity index (χ1n) is 12.2. The van der Waals surface area contributed by atoms with Crippen LogP contribution in [0.3, 0.4) is 0 Å². The minimum absolute atomic E-state index is 0.0895. The lowest BCUT2D eigenvalue weighted by Gasteiger charge is -2.41. The third-order valence-electron chi connectivity index (χ3n) is 5.92. The number of likely N-dealkylation sites (tertiary alicyclic amines) is 1. The van der Waals surface area contributed by atoms with E-state index in [1.165, 1.54) is 29.4 Å². The fourth-order valence-corrected chi connectivity index (χ4v) is 6.51. The van der Waals surface area contributed by atoms with E-state index in [2.05, 4.69) is 9.36 Å². The second kappa shape index (κ2) is 11.7. The number of hydrogen-bond acceptors (Lipinski definition) is 10. The second-order valence-electron chi connectivity index (χ2n) is 9.90. The average molecular weight is 576 g/mol. The van der Waals surface area contributed by atoms with Crippen LogP contribution in [0.1, 0.15) is 50.2 Å². The largest absolute Gasteiger partial charge is 0.444 e. The van der Waals surface area contributed by atoms with E-state index in [-0.39, 0.29) is 19.6 Å². The number of rotatable bonds is 8. The van der Waals surface area contributed by atoms with Crippen LogP contribution in [0.25, 0.3) is 0 Å². The minimum Gasteiger partial charge on any atom is -0.444 e. The smallest absolute Gasteiger partial charge is 0.410 e. The summed E-state index contributed by atoms with van der Waals surface area (Å²) in [5, 5.41) is 12.3. The summed E-state index contributed by atoms with van der Waals surface area (Å²) < 4.78 is 38.3. The van der Waals surface area contributed by atoms with Gasteiger partial charge in [-0.3, -0.25) is 19.9 Å². The maximum Gasteiger partial charge on any atom is 0.410 e. The van der Waals surface area contributed by atoms with Crippen LogP contribution >= 0.6 is 11.5 Å². The number of piperidine rings is 1. The summed E-state index contributed by atoms with van der Waals surface area (Å²) in [6, 6.07) is 12.7. The van der Waals surface area contributed by atoms with E-state index in [9.17, 15) is 23.3 Å². The Labute approximate surface area is 230 Å². The van der Waals surface area contributed by atoms with Crippen LogP contribution < -0.4 is 0 Å². The van der Waals surface area contributed by atoms with Crippen LogP contribution in [0.15, 0.2) is 65.8 Å². The number of ether oxygens (including phenoxy) is 1. The Kier molecular flexibility index (Phi) is 8.59. The van der Waals surface area contributed by atoms with Crippen molar-refractivity contribution in [3.8, 4) is 0 Å². The number of benzene rings is 2. The number of amides is 1. The molecule has 0 aliphatic carbocycles. The van der Waals surface area contributed by atoms with Crippen molar-refractivity contribution in [2.75, 3.05) is 6.54 Å². The molecule has 1 aromatic heterocycles. The summed E-state index contributed by atoms with van der Waals surface area (Å²) in [4.78, 5) is 35.3. The van der Waals surface area contributed by atoms with Gasteiger partial charge in [0, 0.05) is 12.6 Å². The Morgan fingerprint density at radius 2 is 1.85 bits per heavy atom. The number of carbonyl (C=O) groups excluding carboxylic acids is 1. The Hall–Kier alpha value is -3.46. The molecule has 0 unspecified atom stereocenters. The van der Waals surface area contributed by atoms with Gasteiger partial charge in [0.25, 0.3) is 15.7 Å². The predicted octanol–water partition coefficient (Wildman–Crippen LogP) is 4.71. The molecule has 0 radical (unpaired) electrons. The topological polar surface area (TPSA) is 145 Å². The van der Waals surface area contributed by atoms with Crippen LogP contribution in [0.4, 0.5) is 10.5 Å². The zero-order chi connectivity index (χ0) is 28.2. The first-order valence-corrected chi connectivity index (χ1v) is 14.4. The molecule has 4 rings (SSSR count). The van der Waals surface area contributed by atoms with Gasteiger partial charge in [0.2, 0.25) is 0 Å². The summed E-state index contributed by atoms with van der Waals surface area (Å²) in [6.07, 6.45) is 1.39. The lowest BCUT2D eigenvalue weighted by atomic mass is 9.99. The zero-order valence-corrected chi connectivity index (χ0v) is 23.3. The quantitative estimate of drug-likeness (QED) is 0.275. The molecule has 3 aromatic rings. The number of carbonyl (C=O) groups is 1. The van der Waals surface area contributed by atoms with E-state index in [1.807, 2.05) is 6.07 Å². The first-order chi connectivity index (χ1) is 18.5. The van der Waals surface area contributed by atoms with Crippen molar-refractivity contribution >= 4 is 33.3 Å². The number of hydroxylamine groups is 1. The number of nitrogens with zero attached hydrogens (tertiary/aromatic N) is 5. The van der Waals surface area contributed by atoms with E-state index in [0.717, 1.165) is 22.1 Å². The standard InChI is InChI=1S/C25H29N5O7S2/c1-25(2,3)37-24(31)28-15-19(13-14-21(28)23-26-17-27-38-23)30(36-16-18-9-5-4-6-10-18)39(34,35)22-12-8-7-11-20(22)29(32)33/h4-12,17,19,21H,13-16H2,1-3H3/t19-,21+/m1/s1. The van der Waals surface area contributed by atoms with E-state index in [0.29, 0.717) is 17.0 Å². The molecule has 0 N–H and O–H groups in total. The van der Waals surface area contributed by atoms with Crippen LogP contribution in [0, 0.1) is 10.1 Å². The van der Waals surface area contributed by atoms with E-state index >= 15 is 0 Å². The Morgan fingerprint density at radius 3 is 2.49 bits per heavy atom. The summed E-state index contributed by atoms with van der Waals surface area (Å²) in [5.41, 5.74) is -0.667. The number of aromatic nitrogens is 2. The molecule has 2 aromatic carbocycles. The molecule has 1 amide bonds. The molecule has 2 atom stereocenters. The molecule has 12 nitrogen and oxygen atoms in total. The van der Waals surface area contributed by atoms with Gasteiger partial charge in [-0.2, -0.15) is 4.37 Å². The fourth-order valence-electron chi connectivity index (χ4n) is 4.24. The average Bonchev–Trinajstić information content (AvgIpc) is 3.43. The monoisotopic (exact) mass is 575 g/mol. The molecule has 0 saturated carbocycles. The zero-order valence-electron chi connectivity index (χ0n) is 21.7. The van der Waals surface area contributed by atoms with Crippen LogP contribution in [-0.4, -0.2) is 56.3 Å². The fraction of sp³-hybridized carbons (Fsp3) is 0.400. The molecule has 0 spiro atoms. The summed E-state index contributed by atoms with van der Waals surface area (Å²) in [7, 11) is -4.54. The molecule has 1 saturated heterocycles. The third-order valence-corrected chi connectivity index (χ3v) is 8.47. The highest BCUT2D eigenvalue weighted by Crippen LogP contribution is 2.37. The van der Waals surface area contributed by atoms with E-state index in [1.54, 1.807) is 45.0 Å². The Morgan fingerprint density at radius 1 is 1.15 bits per heavy atom. The minimum atomic E-state index is -4.54. The highest BCUT2D eigenvalue weighted by molar-refractivity contribution is 7.89. The number of hydrogen-bond donors (Lipinski definition) is 0. The molecule has 2 heterocycles. The van der Waals surface area contributed by atoms with Gasteiger partial charge in [-0.1, -0.05) is 46.9 Å². The number of nitro groups is 1. The number of para-hydroxylation sites is 1. The van der Waals surface area contributed by atoms with Crippen LogP contribution in [0.2, 0.25) is 0 Å². The SMILES string of the molecule is CC(C)(C)OC(=O)N1C[C@H](N(OCc2ccccc2)S(=O)(=O)c2ccccc2[N+](=O)[O-])CC[C@H]1c1ncns1. The highest BCUT2D eigenvalue weighted by atomic mass is 32.2. The predicted molar refractivity (Wildman–Crippen MR) is 142 cm³/mol. The maximum atomic E-state index is 13.9. The molecule has 1 fully saturated rings. The summed E-state index contributed by atoms with van der Waals surface area (Å²) in [6.45, 7) is 5.01. The van der Waals surface area contributed by atoms with Crippen molar-refractivity contribution in [3.05, 3.63) is 81.6 Å². The number of nitro benzene ring substituents is 1. The van der Waals surface area contributed by atoms with Gasteiger partial charge in [0.05, 0.1) is 23.6 Å². The van der Waals surface area contributed by atoms with Gasteiger partial charge in [-0.15, -0.1) is 0 Å².